The predicted molar refractivity (Wildman–Crippen MR) is 89.6 cm³/mol. The van der Waals surface area contributed by atoms with Crippen molar-refractivity contribution in [3.05, 3.63) is 16.9 Å². The summed E-state index contributed by atoms with van der Waals surface area (Å²) in [6, 6.07) is 2.25. The SMILES string of the molecule is C[C@H]1COCCN1c1nc(Cl)cc(C2CCC2C(C)(C)C)n1. The maximum atomic E-state index is 6.30. The van der Waals surface area contributed by atoms with Gasteiger partial charge in [-0.05, 0) is 37.2 Å². The predicted octanol–water partition coefficient (Wildman–Crippen LogP) is 3.89. The highest BCUT2D eigenvalue weighted by Gasteiger charge is 2.41. The van der Waals surface area contributed by atoms with Crippen molar-refractivity contribution in [3.63, 3.8) is 0 Å². The van der Waals surface area contributed by atoms with Gasteiger partial charge in [0, 0.05) is 12.5 Å². The molecule has 1 aromatic heterocycles. The Kier molecular flexibility index (Phi) is 4.34. The van der Waals surface area contributed by atoms with Gasteiger partial charge in [-0.3, -0.25) is 0 Å². The van der Waals surface area contributed by atoms with Crippen LogP contribution in [0.4, 0.5) is 5.95 Å². The van der Waals surface area contributed by atoms with Crippen molar-refractivity contribution in [1.29, 1.82) is 0 Å². The van der Waals surface area contributed by atoms with Crippen molar-refractivity contribution >= 4 is 17.5 Å². The molecule has 0 spiro atoms. The maximum absolute atomic E-state index is 6.30. The van der Waals surface area contributed by atoms with Crippen molar-refractivity contribution in [2.75, 3.05) is 24.7 Å². The first-order valence-corrected chi connectivity index (χ1v) is 8.63. The number of anilines is 1. The highest BCUT2D eigenvalue weighted by atomic mass is 35.5. The van der Waals surface area contributed by atoms with Crippen molar-refractivity contribution in [3.8, 4) is 0 Å². The molecule has 2 fully saturated rings. The summed E-state index contributed by atoms with van der Waals surface area (Å²) in [5, 5.41) is 0.554. The lowest BCUT2D eigenvalue weighted by molar-refractivity contribution is 0.0970. The van der Waals surface area contributed by atoms with Gasteiger partial charge < -0.3 is 9.64 Å². The minimum absolute atomic E-state index is 0.292. The van der Waals surface area contributed by atoms with Crippen molar-refractivity contribution < 1.29 is 4.74 Å². The van der Waals surface area contributed by atoms with E-state index < -0.39 is 0 Å². The normalized spacial score (nSPS) is 29.3. The van der Waals surface area contributed by atoms with E-state index in [-0.39, 0.29) is 0 Å². The quantitative estimate of drug-likeness (QED) is 0.774. The van der Waals surface area contributed by atoms with E-state index in [0.29, 0.717) is 28.4 Å². The fourth-order valence-electron chi connectivity index (χ4n) is 3.66. The molecule has 2 heterocycles. The van der Waals surface area contributed by atoms with Crippen LogP contribution in [0.5, 0.6) is 0 Å². The van der Waals surface area contributed by atoms with Crippen LogP contribution in [0.2, 0.25) is 5.15 Å². The molecule has 3 atom stereocenters. The van der Waals surface area contributed by atoms with E-state index >= 15 is 0 Å². The van der Waals surface area contributed by atoms with Gasteiger partial charge >= 0.3 is 0 Å². The second kappa shape index (κ2) is 5.97. The first-order valence-electron chi connectivity index (χ1n) is 8.25. The number of halogens is 1. The zero-order chi connectivity index (χ0) is 15.9. The smallest absolute Gasteiger partial charge is 0.227 e. The minimum Gasteiger partial charge on any atom is -0.377 e. The summed E-state index contributed by atoms with van der Waals surface area (Å²) in [4.78, 5) is 11.5. The highest BCUT2D eigenvalue weighted by molar-refractivity contribution is 6.29. The molecule has 4 nitrogen and oxygen atoms in total. The van der Waals surface area contributed by atoms with E-state index in [4.69, 9.17) is 21.3 Å². The van der Waals surface area contributed by atoms with Crippen LogP contribution in [0.25, 0.3) is 0 Å². The average Bonchev–Trinajstić information content (AvgIpc) is 2.35. The molecule has 0 bridgehead atoms. The Labute approximate surface area is 138 Å². The van der Waals surface area contributed by atoms with Gasteiger partial charge in [0.15, 0.2) is 0 Å². The lowest BCUT2D eigenvalue weighted by Crippen LogP contribution is -2.45. The molecule has 1 saturated heterocycles. The Bertz CT molecular complexity index is 543. The van der Waals surface area contributed by atoms with E-state index in [2.05, 4.69) is 37.6 Å². The number of rotatable bonds is 2. The van der Waals surface area contributed by atoms with Gasteiger partial charge in [-0.1, -0.05) is 32.4 Å². The molecule has 1 saturated carbocycles. The van der Waals surface area contributed by atoms with Crippen molar-refractivity contribution in [2.45, 2.75) is 52.5 Å². The summed E-state index contributed by atoms with van der Waals surface area (Å²) in [5.41, 5.74) is 1.42. The van der Waals surface area contributed by atoms with Gasteiger partial charge in [-0.25, -0.2) is 9.97 Å². The van der Waals surface area contributed by atoms with E-state index in [9.17, 15) is 0 Å². The fraction of sp³-hybridized carbons (Fsp3) is 0.765. The molecule has 1 aliphatic carbocycles. The third-order valence-electron chi connectivity index (χ3n) is 5.09. The molecule has 0 aromatic carbocycles. The van der Waals surface area contributed by atoms with E-state index in [1.165, 1.54) is 12.8 Å². The summed E-state index contributed by atoms with van der Waals surface area (Å²) >= 11 is 6.30. The molecule has 5 heteroatoms. The van der Waals surface area contributed by atoms with Crippen molar-refractivity contribution in [1.82, 2.24) is 9.97 Å². The number of aromatic nitrogens is 2. The molecule has 122 valence electrons. The molecular formula is C17H26ClN3O. The third-order valence-corrected chi connectivity index (χ3v) is 5.29. The monoisotopic (exact) mass is 323 g/mol. The van der Waals surface area contributed by atoms with Crippen LogP contribution in [0.1, 0.15) is 52.1 Å². The number of morpholine rings is 1. The molecule has 0 radical (unpaired) electrons. The molecule has 0 N–H and O–H groups in total. The molecule has 2 aliphatic rings. The number of hydrogen-bond donors (Lipinski definition) is 0. The van der Waals surface area contributed by atoms with Gasteiger partial charge in [-0.2, -0.15) is 0 Å². The lowest BCUT2D eigenvalue weighted by Gasteiger charge is -2.45. The third kappa shape index (κ3) is 3.09. The summed E-state index contributed by atoms with van der Waals surface area (Å²) in [5.74, 6) is 1.95. The molecule has 2 unspecified atom stereocenters. The second-order valence-electron chi connectivity index (χ2n) is 7.69. The summed E-state index contributed by atoms with van der Waals surface area (Å²) < 4.78 is 5.51. The molecule has 3 rings (SSSR count). The lowest BCUT2D eigenvalue weighted by atomic mass is 9.60. The van der Waals surface area contributed by atoms with Crippen LogP contribution in [-0.2, 0) is 4.74 Å². The molecular weight excluding hydrogens is 298 g/mol. The van der Waals surface area contributed by atoms with E-state index in [1.807, 2.05) is 6.07 Å². The Balaban J connectivity index is 1.87. The summed E-state index contributed by atoms with van der Waals surface area (Å²) in [6.07, 6.45) is 2.48. The maximum Gasteiger partial charge on any atom is 0.227 e. The Hall–Kier alpha value is -0.870. The average molecular weight is 324 g/mol. The van der Waals surface area contributed by atoms with Crippen LogP contribution in [0.15, 0.2) is 6.07 Å². The topological polar surface area (TPSA) is 38.2 Å². The Morgan fingerprint density at radius 3 is 2.64 bits per heavy atom. The molecule has 0 amide bonds. The standard InChI is InChI=1S/C17H26ClN3O/c1-11-10-22-8-7-21(11)16-19-14(9-15(18)20-16)12-5-6-13(12)17(2,3)4/h9,11-13H,5-8,10H2,1-4H3/t11-,12?,13?/m0/s1. The van der Waals surface area contributed by atoms with Gasteiger partial charge in [0.2, 0.25) is 5.95 Å². The van der Waals surface area contributed by atoms with Crippen LogP contribution in [0, 0.1) is 11.3 Å². The number of hydrogen-bond acceptors (Lipinski definition) is 4. The minimum atomic E-state index is 0.292. The van der Waals surface area contributed by atoms with Gasteiger partial charge in [0.25, 0.3) is 0 Å². The van der Waals surface area contributed by atoms with Gasteiger partial charge in [-0.15, -0.1) is 0 Å². The summed E-state index contributed by atoms with van der Waals surface area (Å²) in [6.45, 7) is 11.4. The Morgan fingerprint density at radius 2 is 2.05 bits per heavy atom. The number of ether oxygens (including phenoxy) is 1. The molecule has 1 aromatic rings. The van der Waals surface area contributed by atoms with Crippen LogP contribution < -0.4 is 4.90 Å². The first-order chi connectivity index (χ1) is 10.4. The van der Waals surface area contributed by atoms with Gasteiger partial charge in [0.05, 0.1) is 24.9 Å². The van der Waals surface area contributed by atoms with E-state index in [0.717, 1.165) is 31.4 Å². The van der Waals surface area contributed by atoms with Crippen molar-refractivity contribution in [2.24, 2.45) is 11.3 Å². The van der Waals surface area contributed by atoms with Gasteiger partial charge in [0.1, 0.15) is 5.15 Å². The second-order valence-corrected chi connectivity index (χ2v) is 8.08. The summed E-state index contributed by atoms with van der Waals surface area (Å²) in [7, 11) is 0. The molecule has 22 heavy (non-hydrogen) atoms. The largest absolute Gasteiger partial charge is 0.377 e. The highest BCUT2D eigenvalue weighted by Crippen LogP contribution is 2.51. The van der Waals surface area contributed by atoms with Crippen LogP contribution in [0.3, 0.4) is 0 Å². The first kappa shape index (κ1) is 16.0. The zero-order valence-corrected chi connectivity index (χ0v) is 14.7. The zero-order valence-electron chi connectivity index (χ0n) is 14.0. The fourth-order valence-corrected chi connectivity index (χ4v) is 3.84. The van der Waals surface area contributed by atoms with Crippen LogP contribution >= 0.6 is 11.6 Å². The molecule has 1 aliphatic heterocycles. The van der Waals surface area contributed by atoms with E-state index in [1.54, 1.807) is 0 Å². The Morgan fingerprint density at radius 1 is 1.27 bits per heavy atom. The van der Waals surface area contributed by atoms with Crippen LogP contribution in [-0.4, -0.2) is 35.8 Å². The number of nitrogens with zero attached hydrogens (tertiary/aromatic N) is 3.